The average Bonchev–Trinajstić information content (AvgIpc) is 1.87. The molecule has 0 aromatic carbocycles. The third-order valence-electron chi connectivity index (χ3n) is 1.37. The third-order valence-corrected chi connectivity index (χ3v) is 1.37. The van der Waals surface area contributed by atoms with Crippen molar-refractivity contribution < 1.29 is 14.6 Å². The maximum Gasteiger partial charge on any atom is 0.332 e. The van der Waals surface area contributed by atoms with Crippen LogP contribution in [0.5, 0.6) is 0 Å². The molecule has 0 aliphatic rings. The molecule has 3 nitrogen and oxygen atoms in total. The summed E-state index contributed by atoms with van der Waals surface area (Å²) in [6, 6.07) is 0. The van der Waals surface area contributed by atoms with E-state index in [1.54, 1.807) is 13.8 Å². The molecule has 0 aliphatic carbocycles. The van der Waals surface area contributed by atoms with E-state index in [0.29, 0.717) is 0 Å². The fourth-order valence-corrected chi connectivity index (χ4v) is 0.413. The predicted molar refractivity (Wildman–Crippen MR) is 43.3 cm³/mol. The van der Waals surface area contributed by atoms with Crippen molar-refractivity contribution in [3.63, 3.8) is 0 Å². The van der Waals surface area contributed by atoms with Crippen molar-refractivity contribution in [2.24, 2.45) is 0 Å². The second-order valence-corrected chi connectivity index (χ2v) is 2.75. The molecule has 61 valence electrons. The van der Waals surface area contributed by atoms with Crippen LogP contribution in [0.25, 0.3) is 0 Å². The molecule has 0 spiro atoms. The molecule has 0 saturated heterocycles. The van der Waals surface area contributed by atoms with Gasteiger partial charge in [0.25, 0.3) is 0 Å². The topological polar surface area (TPSA) is 46.5 Å². The molecule has 0 aliphatic heterocycles. The zero-order valence-electron chi connectivity index (χ0n) is 7.68. The molecule has 1 N–H and O–H groups in total. The molecule has 0 saturated carbocycles. The minimum absolute atomic E-state index is 0. The van der Waals surface area contributed by atoms with E-state index in [1.165, 1.54) is 0 Å². The van der Waals surface area contributed by atoms with Crippen molar-refractivity contribution in [3.8, 4) is 0 Å². The standard InChI is InChI=1S/C7H14O3.K/c1-4-7(2,3)10-6(9)5-8;/h8H,4-5H2,1-3H3;. The van der Waals surface area contributed by atoms with Crippen LogP contribution in [-0.4, -0.2) is 74.7 Å². The maximum atomic E-state index is 10.5. The second kappa shape index (κ2) is 6.57. The molecular weight excluding hydrogens is 171 g/mol. The molecule has 0 aromatic rings. The summed E-state index contributed by atoms with van der Waals surface area (Å²) in [5, 5.41) is 8.32. The third kappa shape index (κ3) is 7.43. The zero-order valence-corrected chi connectivity index (χ0v) is 10.8. The number of carbonyl (C=O) groups excluding carboxylic acids is 1. The fourth-order valence-electron chi connectivity index (χ4n) is 0.413. The van der Waals surface area contributed by atoms with Crippen LogP contribution >= 0.6 is 0 Å². The normalized spacial score (nSPS) is 10.2. The van der Waals surface area contributed by atoms with Gasteiger partial charge in [0.15, 0.2) is 0 Å². The van der Waals surface area contributed by atoms with E-state index in [0.717, 1.165) is 6.42 Å². The van der Waals surface area contributed by atoms with Crippen molar-refractivity contribution in [2.75, 3.05) is 6.61 Å². The molecule has 4 heteroatoms. The Balaban J connectivity index is 0. The van der Waals surface area contributed by atoms with Gasteiger partial charge in [0.05, 0.1) is 0 Å². The SMILES string of the molecule is CCC(C)(C)OC(=O)CO.[K]. The summed E-state index contributed by atoms with van der Waals surface area (Å²) in [5.74, 6) is -0.563. The number of hydrogen-bond donors (Lipinski definition) is 1. The van der Waals surface area contributed by atoms with Crippen molar-refractivity contribution in [1.29, 1.82) is 0 Å². The van der Waals surface area contributed by atoms with Crippen molar-refractivity contribution >= 4 is 57.4 Å². The van der Waals surface area contributed by atoms with Crippen LogP contribution in [0.15, 0.2) is 0 Å². The van der Waals surface area contributed by atoms with Crippen LogP contribution in [0.1, 0.15) is 27.2 Å². The summed E-state index contributed by atoms with van der Waals surface area (Å²) in [6.45, 7) is 5.00. The molecule has 0 rings (SSSR count). The van der Waals surface area contributed by atoms with Gasteiger partial charge in [-0.15, -0.1) is 0 Å². The number of ether oxygens (including phenoxy) is 1. The van der Waals surface area contributed by atoms with Gasteiger partial charge in [-0.3, -0.25) is 0 Å². The molecule has 1 radical (unpaired) electrons. The molecule has 0 aromatic heterocycles. The largest absolute Gasteiger partial charge is 0.458 e. The Morgan fingerprint density at radius 3 is 2.27 bits per heavy atom. The van der Waals surface area contributed by atoms with Gasteiger partial charge < -0.3 is 9.84 Å². The molecule has 0 amide bonds. The number of aliphatic hydroxyl groups excluding tert-OH is 1. The van der Waals surface area contributed by atoms with Gasteiger partial charge in [-0.1, -0.05) is 6.92 Å². The van der Waals surface area contributed by atoms with Gasteiger partial charge in [-0.05, 0) is 20.3 Å². The number of hydrogen-bond acceptors (Lipinski definition) is 3. The van der Waals surface area contributed by atoms with E-state index in [9.17, 15) is 4.79 Å². The first-order valence-corrected chi connectivity index (χ1v) is 3.34. The minimum atomic E-state index is -0.563. The smallest absolute Gasteiger partial charge is 0.332 e. The molecule has 0 unspecified atom stereocenters. The molecule has 11 heavy (non-hydrogen) atoms. The van der Waals surface area contributed by atoms with Gasteiger partial charge in [0.1, 0.15) is 12.2 Å². The van der Waals surface area contributed by atoms with Gasteiger partial charge in [0, 0.05) is 51.4 Å². The summed E-state index contributed by atoms with van der Waals surface area (Å²) in [5.41, 5.74) is -0.445. The number of esters is 1. The molecule has 0 atom stereocenters. The fraction of sp³-hybridized carbons (Fsp3) is 0.857. The first kappa shape index (κ1) is 14.6. The zero-order chi connectivity index (χ0) is 8.20. The Bertz CT molecular complexity index is 123. The number of aliphatic hydroxyl groups is 1. The summed E-state index contributed by atoms with van der Waals surface area (Å²) < 4.78 is 4.85. The number of rotatable bonds is 3. The molecule has 0 bridgehead atoms. The maximum absolute atomic E-state index is 10.5. The van der Waals surface area contributed by atoms with Crippen molar-refractivity contribution in [1.82, 2.24) is 0 Å². The van der Waals surface area contributed by atoms with Crippen LogP contribution in [0.2, 0.25) is 0 Å². The van der Waals surface area contributed by atoms with E-state index in [-0.39, 0.29) is 51.4 Å². The van der Waals surface area contributed by atoms with Gasteiger partial charge in [-0.2, -0.15) is 0 Å². The Morgan fingerprint density at radius 1 is 1.55 bits per heavy atom. The van der Waals surface area contributed by atoms with Gasteiger partial charge in [0.2, 0.25) is 0 Å². The van der Waals surface area contributed by atoms with E-state index >= 15 is 0 Å². The number of carbonyl (C=O) groups is 1. The Labute approximate surface area is 110 Å². The average molecular weight is 185 g/mol. The van der Waals surface area contributed by atoms with Crippen LogP contribution in [0, 0.1) is 0 Å². The molecular formula is C7H14KO3. The van der Waals surface area contributed by atoms with E-state index in [2.05, 4.69) is 0 Å². The Kier molecular flexibility index (Phi) is 8.71. The predicted octanol–water partition coefficient (Wildman–Crippen LogP) is 0.330. The Hall–Kier alpha value is 1.07. The summed E-state index contributed by atoms with van der Waals surface area (Å²) in [6.07, 6.45) is 0.749. The quantitative estimate of drug-likeness (QED) is 0.509. The van der Waals surface area contributed by atoms with Gasteiger partial charge >= 0.3 is 5.97 Å². The van der Waals surface area contributed by atoms with Crippen LogP contribution in [-0.2, 0) is 9.53 Å². The molecule has 0 heterocycles. The van der Waals surface area contributed by atoms with E-state index in [1.807, 2.05) is 6.92 Å². The summed E-state index contributed by atoms with van der Waals surface area (Å²) in [7, 11) is 0. The van der Waals surface area contributed by atoms with Crippen LogP contribution < -0.4 is 0 Å². The van der Waals surface area contributed by atoms with Crippen LogP contribution in [0.3, 0.4) is 0 Å². The van der Waals surface area contributed by atoms with Gasteiger partial charge in [-0.25, -0.2) is 4.79 Å². The monoisotopic (exact) mass is 185 g/mol. The van der Waals surface area contributed by atoms with E-state index < -0.39 is 18.2 Å². The van der Waals surface area contributed by atoms with Crippen molar-refractivity contribution in [3.05, 3.63) is 0 Å². The van der Waals surface area contributed by atoms with Crippen molar-refractivity contribution in [2.45, 2.75) is 32.8 Å². The summed E-state index contributed by atoms with van der Waals surface area (Å²) in [4.78, 5) is 10.5. The second-order valence-electron chi connectivity index (χ2n) is 2.75. The minimum Gasteiger partial charge on any atom is -0.458 e. The molecule has 0 fully saturated rings. The summed E-state index contributed by atoms with van der Waals surface area (Å²) >= 11 is 0. The van der Waals surface area contributed by atoms with Crippen LogP contribution in [0.4, 0.5) is 0 Å². The van der Waals surface area contributed by atoms with E-state index in [4.69, 9.17) is 9.84 Å². The Morgan fingerprint density at radius 2 is 2.00 bits per heavy atom. The first-order valence-electron chi connectivity index (χ1n) is 3.34. The first-order chi connectivity index (χ1) is 4.52.